The van der Waals surface area contributed by atoms with Gasteiger partial charge in [-0.2, -0.15) is 15.0 Å². The Labute approximate surface area is 107 Å². The maximum Gasteiger partial charge on any atom is 0.323 e. The fourth-order valence-corrected chi connectivity index (χ4v) is 1.36. The molecule has 0 aliphatic rings. The summed E-state index contributed by atoms with van der Waals surface area (Å²) in [6, 6.07) is 0.265. The van der Waals surface area contributed by atoms with E-state index in [1.165, 1.54) is 0 Å². The number of ether oxygens (including phenoxy) is 1. The zero-order valence-corrected chi connectivity index (χ0v) is 10.9. The number of nitrogens with two attached hydrogens (primary N) is 1. The summed E-state index contributed by atoms with van der Waals surface area (Å²) in [5.41, 5.74) is 2.41. The van der Waals surface area contributed by atoms with Gasteiger partial charge in [-0.3, -0.25) is 5.43 Å². The third-order valence-electron chi connectivity index (χ3n) is 2.33. The lowest BCUT2D eigenvalue weighted by molar-refractivity contribution is 0.298. The second kappa shape index (κ2) is 7.44. The van der Waals surface area contributed by atoms with Crippen LogP contribution in [-0.2, 0) is 0 Å². The van der Waals surface area contributed by atoms with Crippen molar-refractivity contribution in [1.82, 2.24) is 15.0 Å². The first-order valence-electron chi connectivity index (χ1n) is 5.96. The second-order valence-corrected chi connectivity index (χ2v) is 3.48. The van der Waals surface area contributed by atoms with Crippen molar-refractivity contribution in [3.63, 3.8) is 0 Å². The minimum absolute atomic E-state index is 0.265. The predicted octanol–water partition coefficient (Wildman–Crippen LogP) is 0.958. The average Bonchev–Trinajstić information content (AvgIpc) is 2.40. The number of rotatable bonds is 8. The molecule has 3 N–H and O–H groups in total. The molecular weight excluding hydrogens is 232 g/mol. The van der Waals surface area contributed by atoms with E-state index >= 15 is 0 Å². The van der Waals surface area contributed by atoms with Gasteiger partial charge in [-0.15, -0.1) is 6.58 Å². The fourth-order valence-electron chi connectivity index (χ4n) is 1.36. The molecule has 0 radical (unpaired) electrons. The molecule has 1 heterocycles. The molecule has 1 rings (SSSR count). The quantitative estimate of drug-likeness (QED) is 0.308. The van der Waals surface area contributed by atoms with Gasteiger partial charge in [-0.1, -0.05) is 6.08 Å². The van der Waals surface area contributed by atoms with Crippen molar-refractivity contribution in [2.24, 2.45) is 5.84 Å². The van der Waals surface area contributed by atoms with Crippen molar-refractivity contribution in [3.05, 3.63) is 12.7 Å². The minimum atomic E-state index is 0.265. The summed E-state index contributed by atoms with van der Waals surface area (Å²) in [4.78, 5) is 14.5. The molecule has 0 aromatic carbocycles. The topological polar surface area (TPSA) is 89.2 Å². The van der Waals surface area contributed by atoms with Crippen LogP contribution in [0, 0.1) is 0 Å². The molecule has 7 nitrogen and oxygen atoms in total. The molecule has 0 atom stereocenters. The first kappa shape index (κ1) is 14.2. The Morgan fingerprint density at radius 1 is 1.33 bits per heavy atom. The van der Waals surface area contributed by atoms with Crippen molar-refractivity contribution in [2.45, 2.75) is 20.3 Å². The highest BCUT2D eigenvalue weighted by Crippen LogP contribution is 2.14. The van der Waals surface area contributed by atoms with Crippen LogP contribution < -0.4 is 20.9 Å². The van der Waals surface area contributed by atoms with E-state index in [4.69, 9.17) is 10.6 Å². The number of nitrogen functional groups attached to an aromatic ring is 1. The number of aromatic nitrogens is 3. The van der Waals surface area contributed by atoms with Crippen molar-refractivity contribution in [2.75, 3.05) is 30.0 Å². The Morgan fingerprint density at radius 2 is 2.06 bits per heavy atom. The number of hydrogen-bond acceptors (Lipinski definition) is 7. The SMILES string of the molecule is C=CCCOc1nc(NN)nc(N(CC)CC)n1. The monoisotopic (exact) mass is 252 g/mol. The summed E-state index contributed by atoms with van der Waals surface area (Å²) in [6.07, 6.45) is 2.51. The smallest absolute Gasteiger partial charge is 0.323 e. The lowest BCUT2D eigenvalue weighted by Gasteiger charge is -2.19. The van der Waals surface area contributed by atoms with E-state index < -0.39 is 0 Å². The zero-order valence-electron chi connectivity index (χ0n) is 10.9. The van der Waals surface area contributed by atoms with Gasteiger partial charge in [-0.25, -0.2) is 5.84 Å². The van der Waals surface area contributed by atoms with Crippen LogP contribution in [0.1, 0.15) is 20.3 Å². The van der Waals surface area contributed by atoms with Crippen LogP contribution in [0.4, 0.5) is 11.9 Å². The van der Waals surface area contributed by atoms with Gasteiger partial charge in [-0.05, 0) is 20.3 Å². The predicted molar refractivity (Wildman–Crippen MR) is 71.5 cm³/mol. The van der Waals surface area contributed by atoms with Crippen molar-refractivity contribution in [1.29, 1.82) is 0 Å². The molecule has 0 aliphatic heterocycles. The Balaban J connectivity index is 2.89. The third-order valence-corrected chi connectivity index (χ3v) is 2.33. The van der Waals surface area contributed by atoms with Crippen LogP contribution in [0.25, 0.3) is 0 Å². The highest BCUT2D eigenvalue weighted by Gasteiger charge is 2.11. The second-order valence-electron chi connectivity index (χ2n) is 3.48. The average molecular weight is 252 g/mol. The molecule has 0 amide bonds. The Hall–Kier alpha value is -1.89. The van der Waals surface area contributed by atoms with E-state index in [0.29, 0.717) is 18.5 Å². The van der Waals surface area contributed by atoms with Gasteiger partial charge in [0.1, 0.15) is 0 Å². The van der Waals surface area contributed by atoms with Gasteiger partial charge in [0.05, 0.1) is 6.61 Å². The summed E-state index contributed by atoms with van der Waals surface area (Å²) in [5, 5.41) is 0. The zero-order chi connectivity index (χ0) is 13.4. The first-order valence-corrected chi connectivity index (χ1v) is 5.96. The molecule has 7 heteroatoms. The summed E-state index contributed by atoms with van der Waals surface area (Å²) >= 11 is 0. The maximum absolute atomic E-state index is 5.41. The van der Waals surface area contributed by atoms with Gasteiger partial charge in [0.25, 0.3) is 0 Å². The van der Waals surface area contributed by atoms with Crippen LogP contribution >= 0.6 is 0 Å². The van der Waals surface area contributed by atoms with Crippen LogP contribution in [-0.4, -0.2) is 34.6 Å². The third kappa shape index (κ3) is 3.85. The number of nitrogens with one attached hydrogen (secondary N) is 1. The van der Waals surface area contributed by atoms with Crippen molar-refractivity contribution < 1.29 is 4.74 Å². The number of hydrazine groups is 1. The van der Waals surface area contributed by atoms with Crippen LogP contribution in [0.3, 0.4) is 0 Å². The van der Waals surface area contributed by atoms with Crippen LogP contribution in [0.5, 0.6) is 6.01 Å². The van der Waals surface area contributed by atoms with Gasteiger partial charge in [0.15, 0.2) is 0 Å². The molecule has 0 saturated heterocycles. The lowest BCUT2D eigenvalue weighted by Crippen LogP contribution is -2.25. The van der Waals surface area contributed by atoms with Gasteiger partial charge < -0.3 is 9.64 Å². The standard InChI is InChI=1S/C11H20N6O/c1-4-7-8-18-11-14-9(16-12)13-10(15-11)17(5-2)6-3/h4H,1,5-8,12H2,2-3H3,(H,13,14,15,16). The van der Waals surface area contributed by atoms with E-state index in [1.54, 1.807) is 6.08 Å². The van der Waals surface area contributed by atoms with E-state index in [1.807, 2.05) is 18.7 Å². The first-order chi connectivity index (χ1) is 8.74. The molecule has 0 spiro atoms. The Bertz CT molecular complexity index is 380. The van der Waals surface area contributed by atoms with Crippen molar-refractivity contribution in [3.8, 4) is 6.01 Å². The minimum Gasteiger partial charge on any atom is -0.463 e. The van der Waals surface area contributed by atoms with E-state index in [9.17, 15) is 0 Å². The van der Waals surface area contributed by atoms with Crippen LogP contribution in [0.2, 0.25) is 0 Å². The molecular formula is C11H20N6O. The molecule has 18 heavy (non-hydrogen) atoms. The van der Waals surface area contributed by atoms with Gasteiger partial charge >= 0.3 is 6.01 Å². The molecule has 0 fully saturated rings. The largest absolute Gasteiger partial charge is 0.463 e. The summed E-state index contributed by atoms with van der Waals surface area (Å²) in [5.74, 6) is 6.18. The van der Waals surface area contributed by atoms with Crippen LogP contribution in [0.15, 0.2) is 12.7 Å². The molecule has 0 aliphatic carbocycles. The number of nitrogens with zero attached hydrogens (tertiary/aromatic N) is 4. The summed E-state index contributed by atoms with van der Waals surface area (Å²) < 4.78 is 5.41. The highest BCUT2D eigenvalue weighted by molar-refractivity contribution is 5.37. The van der Waals surface area contributed by atoms with Crippen molar-refractivity contribution >= 4 is 11.9 Å². The normalized spacial score (nSPS) is 9.94. The maximum atomic E-state index is 5.41. The molecule has 1 aromatic heterocycles. The van der Waals surface area contributed by atoms with E-state index in [0.717, 1.165) is 19.5 Å². The van der Waals surface area contributed by atoms with E-state index in [-0.39, 0.29) is 6.01 Å². The Morgan fingerprint density at radius 3 is 2.61 bits per heavy atom. The van der Waals surface area contributed by atoms with Gasteiger partial charge in [0, 0.05) is 13.1 Å². The van der Waals surface area contributed by atoms with E-state index in [2.05, 4.69) is 27.0 Å². The lowest BCUT2D eigenvalue weighted by atomic mass is 10.5. The Kier molecular flexibility index (Phi) is 5.86. The molecule has 0 bridgehead atoms. The molecule has 0 saturated carbocycles. The summed E-state index contributed by atoms with van der Waals surface area (Å²) in [7, 11) is 0. The highest BCUT2D eigenvalue weighted by atomic mass is 16.5. The molecule has 100 valence electrons. The molecule has 1 aromatic rings. The summed E-state index contributed by atoms with van der Waals surface area (Å²) in [6.45, 7) is 9.77. The number of hydrogen-bond donors (Lipinski definition) is 2. The van der Waals surface area contributed by atoms with Gasteiger partial charge in [0.2, 0.25) is 11.9 Å². The number of anilines is 2. The molecule has 0 unspecified atom stereocenters. The fraction of sp³-hybridized carbons (Fsp3) is 0.545.